The van der Waals surface area contributed by atoms with E-state index in [1.807, 2.05) is 18.3 Å². The molecule has 0 radical (unpaired) electrons. The molecule has 3 aliphatic heterocycles. The molecule has 1 spiro atoms. The Balaban J connectivity index is 1.07. The van der Waals surface area contributed by atoms with E-state index in [0.29, 0.717) is 35.6 Å². The van der Waals surface area contributed by atoms with E-state index >= 15 is 0 Å². The van der Waals surface area contributed by atoms with Gasteiger partial charge in [0.2, 0.25) is 0 Å². The molecule has 0 aromatic carbocycles. The van der Waals surface area contributed by atoms with Gasteiger partial charge in [-0.2, -0.15) is 0 Å². The Hall–Kier alpha value is -3.64. The van der Waals surface area contributed by atoms with E-state index in [1.54, 1.807) is 17.3 Å². The summed E-state index contributed by atoms with van der Waals surface area (Å²) in [5.41, 5.74) is 15.4. The summed E-state index contributed by atoms with van der Waals surface area (Å²) >= 11 is 1.36. The zero-order chi connectivity index (χ0) is 25.1. The van der Waals surface area contributed by atoms with E-state index in [-0.39, 0.29) is 23.5 Å². The Bertz CT molecular complexity index is 1390. The van der Waals surface area contributed by atoms with Crippen molar-refractivity contribution in [2.75, 3.05) is 41.8 Å². The van der Waals surface area contributed by atoms with Crippen molar-refractivity contribution in [3.8, 4) is 5.75 Å². The van der Waals surface area contributed by atoms with Crippen LogP contribution in [0.2, 0.25) is 0 Å². The van der Waals surface area contributed by atoms with Crippen LogP contribution in [0.25, 0.3) is 0 Å². The van der Waals surface area contributed by atoms with Crippen LogP contribution in [0.15, 0.2) is 46.7 Å². The van der Waals surface area contributed by atoms with Crippen molar-refractivity contribution in [2.45, 2.75) is 41.3 Å². The standard InChI is InChI=1S/C25H27N9O2S/c26-20-15-2-1-6-28-16(15)10-25(20)4-8-33(9-5-25)18-12-30-23(21(27)32-18)37-17-3-7-29-22-19(17)36-13-14-11-31-24(35)34(14)22/h1-3,6-7,12,14,20H,4-5,8-11,13,26H2,(H2,27,32)(H,31,35)/t14?,20-/m1/s1. The third-order valence-corrected chi connectivity index (χ3v) is 9.10. The van der Waals surface area contributed by atoms with Gasteiger partial charge in [-0.25, -0.2) is 19.7 Å². The molecule has 37 heavy (non-hydrogen) atoms. The van der Waals surface area contributed by atoms with Crippen LogP contribution in [-0.4, -0.2) is 58.3 Å². The smallest absolute Gasteiger partial charge is 0.323 e. The van der Waals surface area contributed by atoms with Crippen LogP contribution in [0.3, 0.4) is 0 Å². The summed E-state index contributed by atoms with van der Waals surface area (Å²) in [6.07, 6.45) is 8.16. The first-order valence-corrected chi connectivity index (χ1v) is 13.3. The molecule has 2 fully saturated rings. The maximum atomic E-state index is 12.3. The van der Waals surface area contributed by atoms with Gasteiger partial charge < -0.3 is 26.4 Å². The lowest BCUT2D eigenvalue weighted by Gasteiger charge is -2.42. The topological polar surface area (TPSA) is 148 Å². The largest absolute Gasteiger partial charge is 0.486 e. The second-order valence-electron chi connectivity index (χ2n) is 10.0. The molecule has 1 unspecified atom stereocenters. The fourth-order valence-electron chi connectivity index (χ4n) is 5.98. The number of carbonyl (C=O) groups excluding carboxylic acids is 1. The molecule has 6 heterocycles. The van der Waals surface area contributed by atoms with Gasteiger partial charge in [0.05, 0.1) is 17.1 Å². The predicted octanol–water partition coefficient (Wildman–Crippen LogP) is 2.13. The normalized spacial score (nSPS) is 23.3. The predicted molar refractivity (Wildman–Crippen MR) is 139 cm³/mol. The molecule has 2 atom stereocenters. The van der Waals surface area contributed by atoms with Gasteiger partial charge >= 0.3 is 6.03 Å². The number of rotatable bonds is 3. The zero-order valence-electron chi connectivity index (χ0n) is 20.1. The third-order valence-electron chi connectivity index (χ3n) is 8.05. The molecule has 5 N–H and O–H groups in total. The number of amides is 2. The van der Waals surface area contributed by atoms with Crippen molar-refractivity contribution in [2.24, 2.45) is 11.1 Å². The Kier molecular flexibility index (Phi) is 5.15. The average Bonchev–Trinajstić information content (AvgIpc) is 3.43. The highest BCUT2D eigenvalue weighted by Gasteiger charge is 2.46. The number of urea groups is 1. The van der Waals surface area contributed by atoms with Crippen LogP contribution >= 0.6 is 11.8 Å². The number of nitrogen functional groups attached to an aromatic ring is 1. The molecule has 0 bridgehead atoms. The highest BCUT2D eigenvalue weighted by Crippen LogP contribution is 2.50. The Labute approximate surface area is 218 Å². The highest BCUT2D eigenvalue weighted by atomic mass is 32.2. The number of nitrogens with one attached hydrogen (secondary N) is 1. The molecule has 190 valence electrons. The number of hydrogen-bond acceptors (Lipinski definition) is 10. The number of nitrogens with zero attached hydrogens (tertiary/aromatic N) is 6. The van der Waals surface area contributed by atoms with Gasteiger partial charge in [0.1, 0.15) is 17.5 Å². The fourth-order valence-corrected chi connectivity index (χ4v) is 6.81. The number of hydrogen-bond donors (Lipinski definition) is 3. The van der Waals surface area contributed by atoms with Crippen molar-refractivity contribution in [3.05, 3.63) is 48.0 Å². The van der Waals surface area contributed by atoms with Crippen LogP contribution in [0.4, 0.5) is 22.2 Å². The van der Waals surface area contributed by atoms with E-state index in [4.69, 9.17) is 16.2 Å². The highest BCUT2D eigenvalue weighted by molar-refractivity contribution is 7.99. The number of fused-ring (bicyclic) bond motifs is 4. The summed E-state index contributed by atoms with van der Waals surface area (Å²) in [6, 6.07) is 5.73. The number of carbonyl (C=O) groups is 1. The molecule has 11 nitrogen and oxygen atoms in total. The van der Waals surface area contributed by atoms with Crippen LogP contribution in [0.5, 0.6) is 5.75 Å². The molecule has 12 heteroatoms. The molecular weight excluding hydrogens is 490 g/mol. The molecule has 3 aromatic heterocycles. The van der Waals surface area contributed by atoms with Crippen LogP contribution in [0, 0.1) is 5.41 Å². The summed E-state index contributed by atoms with van der Waals surface area (Å²) in [4.78, 5) is 35.3. The molecule has 2 amide bonds. The summed E-state index contributed by atoms with van der Waals surface area (Å²) in [7, 11) is 0. The van der Waals surface area contributed by atoms with Crippen molar-refractivity contribution >= 4 is 35.2 Å². The third kappa shape index (κ3) is 3.57. The van der Waals surface area contributed by atoms with Crippen LogP contribution < -0.4 is 31.3 Å². The number of anilines is 3. The molecule has 0 saturated carbocycles. The minimum atomic E-state index is -0.158. The summed E-state index contributed by atoms with van der Waals surface area (Å²) in [6.45, 7) is 2.64. The van der Waals surface area contributed by atoms with E-state index in [0.717, 1.165) is 48.8 Å². The maximum absolute atomic E-state index is 12.3. The Morgan fingerprint density at radius 1 is 1.16 bits per heavy atom. The van der Waals surface area contributed by atoms with Crippen LogP contribution in [-0.2, 0) is 6.42 Å². The Morgan fingerprint density at radius 3 is 2.84 bits per heavy atom. The quantitative estimate of drug-likeness (QED) is 0.472. The molecule has 7 rings (SSSR count). The van der Waals surface area contributed by atoms with Gasteiger partial charge in [-0.05, 0) is 42.4 Å². The molecular formula is C25H27N9O2S. The number of pyridine rings is 2. The molecule has 2 saturated heterocycles. The zero-order valence-corrected chi connectivity index (χ0v) is 20.9. The van der Waals surface area contributed by atoms with Crippen molar-refractivity contribution < 1.29 is 9.53 Å². The second-order valence-corrected chi connectivity index (χ2v) is 11.1. The second kappa shape index (κ2) is 8.45. The number of nitrogens with two attached hydrogens (primary N) is 2. The Morgan fingerprint density at radius 2 is 2.03 bits per heavy atom. The van der Waals surface area contributed by atoms with Gasteiger partial charge in [-0.1, -0.05) is 17.8 Å². The average molecular weight is 518 g/mol. The van der Waals surface area contributed by atoms with E-state index in [2.05, 4.69) is 36.2 Å². The minimum absolute atomic E-state index is 0.0173. The first-order valence-electron chi connectivity index (χ1n) is 12.5. The van der Waals surface area contributed by atoms with Gasteiger partial charge in [0, 0.05) is 43.8 Å². The van der Waals surface area contributed by atoms with Gasteiger partial charge in [-0.15, -0.1) is 0 Å². The lowest BCUT2D eigenvalue weighted by molar-refractivity contribution is 0.186. The fraction of sp³-hybridized carbons (Fsp3) is 0.400. The monoisotopic (exact) mass is 517 g/mol. The lowest BCUT2D eigenvalue weighted by Crippen LogP contribution is -2.44. The number of piperidine rings is 1. The van der Waals surface area contributed by atoms with Crippen molar-refractivity contribution in [1.82, 2.24) is 25.3 Å². The van der Waals surface area contributed by atoms with Gasteiger partial charge in [0.25, 0.3) is 0 Å². The van der Waals surface area contributed by atoms with E-state index < -0.39 is 0 Å². The van der Waals surface area contributed by atoms with E-state index in [1.165, 1.54) is 17.3 Å². The maximum Gasteiger partial charge on any atom is 0.323 e. The number of ether oxygens (including phenoxy) is 1. The van der Waals surface area contributed by atoms with Crippen LogP contribution in [0.1, 0.15) is 30.1 Å². The SMILES string of the molecule is Nc1nc(N2CCC3(CC2)Cc2ncccc2[C@H]3N)cnc1Sc1ccnc2c1OCC1CNC(=O)N21. The van der Waals surface area contributed by atoms with Crippen molar-refractivity contribution in [1.29, 1.82) is 0 Å². The summed E-state index contributed by atoms with van der Waals surface area (Å²) in [5.74, 6) is 2.21. The first kappa shape index (κ1) is 22.5. The van der Waals surface area contributed by atoms with Gasteiger partial charge in [-0.3, -0.25) is 9.88 Å². The first-order chi connectivity index (χ1) is 18.0. The lowest BCUT2D eigenvalue weighted by atomic mass is 9.73. The summed E-state index contributed by atoms with van der Waals surface area (Å²) < 4.78 is 6.00. The summed E-state index contributed by atoms with van der Waals surface area (Å²) in [5, 5.41) is 3.43. The molecule has 4 aliphatic rings. The van der Waals surface area contributed by atoms with Crippen molar-refractivity contribution in [3.63, 3.8) is 0 Å². The molecule has 3 aromatic rings. The van der Waals surface area contributed by atoms with E-state index in [9.17, 15) is 4.79 Å². The molecule has 1 aliphatic carbocycles. The van der Waals surface area contributed by atoms with Gasteiger partial charge in [0.15, 0.2) is 17.4 Å². The number of aromatic nitrogens is 4. The minimum Gasteiger partial charge on any atom is -0.486 e.